The number of esters is 1. The molecule has 0 saturated carbocycles. The molecule has 0 aromatic carbocycles. The molecule has 0 spiro atoms. The smallest absolute Gasteiger partial charge is 0.472 e. The van der Waals surface area contributed by atoms with Gasteiger partial charge in [-0.3, -0.25) is 18.6 Å². The SMILES string of the molecule is CCCCC/C=C\C/C=C\CCCCCCCC(=O)OCC(O)COP(=O)(O)OCC(N)C(=O)O. The van der Waals surface area contributed by atoms with Crippen molar-refractivity contribution in [3.63, 3.8) is 0 Å². The number of nitrogens with two attached hydrogens (primary N) is 1. The number of unbranched alkanes of at least 4 members (excludes halogenated alkanes) is 8. The number of hydrogen-bond acceptors (Lipinski definition) is 8. The van der Waals surface area contributed by atoms with Crippen molar-refractivity contribution in [3.8, 4) is 0 Å². The maximum Gasteiger partial charge on any atom is 0.472 e. The van der Waals surface area contributed by atoms with Crippen molar-refractivity contribution in [3.05, 3.63) is 24.3 Å². The third kappa shape index (κ3) is 22.6. The molecule has 0 aromatic rings. The van der Waals surface area contributed by atoms with E-state index in [4.69, 9.17) is 15.6 Å². The molecule has 0 radical (unpaired) electrons. The number of ether oxygens (including phenoxy) is 1. The molecule has 3 atom stereocenters. The topological polar surface area (TPSA) is 166 Å². The Bertz CT molecular complexity index is 669. The highest BCUT2D eigenvalue weighted by Crippen LogP contribution is 2.43. The highest BCUT2D eigenvalue weighted by molar-refractivity contribution is 7.47. The van der Waals surface area contributed by atoms with E-state index >= 15 is 0 Å². The van der Waals surface area contributed by atoms with Gasteiger partial charge in [-0.15, -0.1) is 0 Å². The van der Waals surface area contributed by atoms with Crippen LogP contribution in [0.4, 0.5) is 0 Å². The first-order valence-electron chi connectivity index (χ1n) is 12.4. The van der Waals surface area contributed by atoms with Crippen LogP contribution in [0.2, 0.25) is 0 Å². The first-order valence-corrected chi connectivity index (χ1v) is 13.9. The third-order valence-corrected chi connectivity index (χ3v) is 5.88. The molecule has 0 bridgehead atoms. The number of hydrogen-bond donors (Lipinski definition) is 4. The summed E-state index contributed by atoms with van der Waals surface area (Å²) in [7, 11) is -4.58. The zero-order chi connectivity index (χ0) is 26.4. The summed E-state index contributed by atoms with van der Waals surface area (Å²) in [5.41, 5.74) is 5.15. The lowest BCUT2D eigenvalue weighted by atomic mass is 10.1. The van der Waals surface area contributed by atoms with Crippen LogP contribution in [0.25, 0.3) is 0 Å². The number of rotatable bonds is 23. The van der Waals surface area contributed by atoms with Gasteiger partial charge in [-0.25, -0.2) is 4.57 Å². The molecule has 0 aliphatic carbocycles. The summed E-state index contributed by atoms with van der Waals surface area (Å²) in [6, 6.07) is -1.49. The van der Waals surface area contributed by atoms with Crippen LogP contribution in [0.5, 0.6) is 0 Å². The standard InChI is InChI=1S/C24H44NO9P/c1-2-3-4-5-6-7-8-9-10-11-12-13-14-15-16-17-23(27)32-18-21(26)19-33-35(30,31)34-20-22(25)24(28)29/h6-7,9-10,21-22,26H,2-5,8,11-20,25H2,1H3,(H,28,29)(H,30,31)/b7-6-,10-9-. The van der Waals surface area contributed by atoms with E-state index in [2.05, 4.69) is 40.3 Å². The molecule has 0 saturated heterocycles. The number of phosphoric acid groups is 1. The summed E-state index contributed by atoms with van der Waals surface area (Å²) in [5, 5.41) is 18.3. The molecule has 11 heteroatoms. The largest absolute Gasteiger partial charge is 0.480 e. The number of aliphatic carboxylic acids is 1. The molecule has 10 nitrogen and oxygen atoms in total. The molecular weight excluding hydrogens is 477 g/mol. The van der Waals surface area contributed by atoms with E-state index in [0.717, 1.165) is 38.5 Å². The second-order valence-electron chi connectivity index (χ2n) is 8.32. The number of carbonyl (C=O) groups is 2. The molecule has 0 rings (SSSR count). The zero-order valence-electron chi connectivity index (χ0n) is 20.9. The van der Waals surface area contributed by atoms with Gasteiger partial charge >= 0.3 is 19.8 Å². The number of carboxylic acids is 1. The average Bonchev–Trinajstić information content (AvgIpc) is 2.82. The number of carboxylic acid groups (broad SMARTS) is 1. The van der Waals surface area contributed by atoms with Gasteiger partial charge in [0.25, 0.3) is 0 Å². The molecule has 0 aliphatic heterocycles. The average molecular weight is 522 g/mol. The maximum absolute atomic E-state index is 11.7. The lowest BCUT2D eigenvalue weighted by Gasteiger charge is -2.16. The van der Waals surface area contributed by atoms with Crippen LogP contribution in [0.3, 0.4) is 0 Å². The third-order valence-electron chi connectivity index (χ3n) is 4.93. The van der Waals surface area contributed by atoms with E-state index in [1.54, 1.807) is 0 Å². The Morgan fingerprint density at radius 3 is 2.09 bits per heavy atom. The Morgan fingerprint density at radius 1 is 0.886 bits per heavy atom. The van der Waals surface area contributed by atoms with Crippen molar-refractivity contribution in [1.29, 1.82) is 0 Å². The number of carbonyl (C=O) groups excluding carboxylic acids is 1. The van der Waals surface area contributed by atoms with E-state index in [-0.39, 0.29) is 6.42 Å². The van der Waals surface area contributed by atoms with Crippen molar-refractivity contribution in [2.75, 3.05) is 19.8 Å². The van der Waals surface area contributed by atoms with Crippen LogP contribution in [-0.4, -0.2) is 59.0 Å². The minimum absolute atomic E-state index is 0.229. The summed E-state index contributed by atoms with van der Waals surface area (Å²) in [5.74, 6) is -1.87. The second kappa shape index (κ2) is 21.7. The van der Waals surface area contributed by atoms with Crippen molar-refractivity contribution < 1.29 is 43.0 Å². The van der Waals surface area contributed by atoms with Gasteiger partial charge in [0.05, 0.1) is 13.2 Å². The summed E-state index contributed by atoms with van der Waals surface area (Å²) < 4.78 is 25.5. The van der Waals surface area contributed by atoms with Crippen molar-refractivity contribution >= 4 is 19.8 Å². The minimum atomic E-state index is -4.58. The van der Waals surface area contributed by atoms with E-state index in [1.807, 2.05) is 0 Å². The zero-order valence-corrected chi connectivity index (χ0v) is 21.8. The molecule has 3 unspecified atom stereocenters. The fourth-order valence-electron chi connectivity index (χ4n) is 2.85. The van der Waals surface area contributed by atoms with Crippen molar-refractivity contribution in [2.45, 2.75) is 96.1 Å². The highest BCUT2D eigenvalue weighted by Gasteiger charge is 2.26. The monoisotopic (exact) mass is 521 g/mol. The number of allylic oxidation sites excluding steroid dienone is 4. The second-order valence-corrected chi connectivity index (χ2v) is 9.78. The van der Waals surface area contributed by atoms with Crippen molar-refractivity contribution in [2.24, 2.45) is 5.73 Å². The molecule has 35 heavy (non-hydrogen) atoms. The van der Waals surface area contributed by atoms with Crippen LogP contribution in [0.1, 0.15) is 84.0 Å². The van der Waals surface area contributed by atoms with Gasteiger partial charge in [-0.1, -0.05) is 63.3 Å². The normalized spacial score (nSPS) is 15.3. The predicted octanol–water partition coefficient (Wildman–Crippen LogP) is 4.25. The van der Waals surface area contributed by atoms with Gasteiger partial charge in [0.1, 0.15) is 18.8 Å². The lowest BCUT2D eigenvalue weighted by Crippen LogP contribution is -2.34. The Labute approximate surface area is 209 Å². The van der Waals surface area contributed by atoms with Crippen LogP contribution in [-0.2, 0) is 27.9 Å². The lowest BCUT2D eigenvalue weighted by molar-refractivity contribution is -0.147. The van der Waals surface area contributed by atoms with Crippen LogP contribution < -0.4 is 5.73 Å². The Hall–Kier alpha value is -1.55. The molecule has 0 aliphatic rings. The van der Waals surface area contributed by atoms with Gasteiger partial charge < -0.3 is 25.6 Å². The number of aliphatic hydroxyl groups excluding tert-OH is 1. The van der Waals surface area contributed by atoms with Crippen LogP contribution in [0.15, 0.2) is 24.3 Å². The van der Waals surface area contributed by atoms with Crippen LogP contribution >= 0.6 is 7.82 Å². The maximum atomic E-state index is 11.7. The molecule has 5 N–H and O–H groups in total. The predicted molar refractivity (Wildman–Crippen MR) is 134 cm³/mol. The van der Waals surface area contributed by atoms with Gasteiger partial charge in [0.15, 0.2) is 0 Å². The van der Waals surface area contributed by atoms with Crippen LogP contribution in [0, 0.1) is 0 Å². The summed E-state index contributed by atoms with van der Waals surface area (Å²) in [6.45, 7) is 0.447. The van der Waals surface area contributed by atoms with E-state index in [0.29, 0.717) is 6.42 Å². The van der Waals surface area contributed by atoms with E-state index in [9.17, 15) is 24.2 Å². The first-order chi connectivity index (χ1) is 16.7. The quantitative estimate of drug-likeness (QED) is 0.0661. The molecule has 204 valence electrons. The molecule has 0 aromatic heterocycles. The van der Waals surface area contributed by atoms with Gasteiger partial charge in [-0.05, 0) is 38.5 Å². The minimum Gasteiger partial charge on any atom is -0.480 e. The van der Waals surface area contributed by atoms with Gasteiger partial charge in [0.2, 0.25) is 0 Å². The van der Waals surface area contributed by atoms with E-state index < -0.39 is 51.7 Å². The number of aliphatic hydroxyl groups is 1. The fraction of sp³-hybridized carbons (Fsp3) is 0.750. The number of phosphoric ester groups is 1. The van der Waals surface area contributed by atoms with E-state index in [1.165, 1.54) is 25.7 Å². The Kier molecular flexibility index (Phi) is 20.7. The highest BCUT2D eigenvalue weighted by atomic mass is 31.2. The summed E-state index contributed by atoms with van der Waals surface area (Å²) >= 11 is 0. The van der Waals surface area contributed by atoms with Gasteiger partial charge in [0, 0.05) is 6.42 Å². The molecule has 0 fully saturated rings. The van der Waals surface area contributed by atoms with Gasteiger partial charge in [-0.2, -0.15) is 0 Å². The first kappa shape index (κ1) is 33.4. The molecule has 0 amide bonds. The Morgan fingerprint density at radius 2 is 1.46 bits per heavy atom. The Balaban J connectivity index is 3.66. The summed E-state index contributed by atoms with van der Waals surface area (Å²) in [6.07, 6.45) is 19.7. The summed E-state index contributed by atoms with van der Waals surface area (Å²) in [4.78, 5) is 31.7. The molecule has 0 heterocycles. The van der Waals surface area contributed by atoms with Crippen molar-refractivity contribution in [1.82, 2.24) is 0 Å². The fourth-order valence-corrected chi connectivity index (χ4v) is 3.64. The molecular formula is C24H44NO9P.